The molecule has 0 unspecified atom stereocenters. The second-order valence-electron chi connectivity index (χ2n) is 6.52. The van der Waals surface area contributed by atoms with Gasteiger partial charge in [-0.1, -0.05) is 17.7 Å². The smallest absolute Gasteiger partial charge is 0.267 e. The number of rotatable bonds is 7. The number of aromatic nitrogens is 2. The number of carbonyl (C=O) groups is 1. The Labute approximate surface area is 177 Å². The number of carbonyl (C=O) groups excluding carboxylic acids is 1. The Morgan fingerprint density at radius 3 is 2.60 bits per heavy atom. The molecule has 0 aliphatic carbocycles. The summed E-state index contributed by atoms with van der Waals surface area (Å²) in [5, 5.41) is 0.124. The van der Waals surface area contributed by atoms with Crippen molar-refractivity contribution < 1.29 is 22.3 Å². The molecular weight excluding hydrogens is 433 g/mol. The van der Waals surface area contributed by atoms with Crippen LogP contribution in [0.25, 0.3) is 11.3 Å². The fourth-order valence-corrected chi connectivity index (χ4v) is 3.96. The van der Waals surface area contributed by atoms with Crippen molar-refractivity contribution in [3.8, 4) is 17.1 Å². The number of halogens is 2. The minimum absolute atomic E-state index is 0.0910. The van der Waals surface area contributed by atoms with Crippen LogP contribution in [0.4, 0.5) is 10.1 Å². The van der Waals surface area contributed by atoms with Crippen LogP contribution in [0.3, 0.4) is 0 Å². The summed E-state index contributed by atoms with van der Waals surface area (Å²) in [5.41, 5.74) is 0.636. The largest absolute Gasteiger partial charge is 0.474 e. The van der Waals surface area contributed by atoms with Crippen molar-refractivity contribution in [2.24, 2.45) is 0 Å². The molecule has 0 aliphatic heterocycles. The number of anilines is 1. The quantitative estimate of drug-likeness (QED) is 0.539. The zero-order valence-electron chi connectivity index (χ0n) is 16.0. The van der Waals surface area contributed by atoms with Gasteiger partial charge in [-0.15, -0.1) is 0 Å². The monoisotopic (exact) mass is 449 g/mol. The van der Waals surface area contributed by atoms with E-state index in [0.29, 0.717) is 6.29 Å². The maximum atomic E-state index is 14.3. The molecule has 0 fully saturated rings. The molecule has 0 aliphatic rings. The lowest BCUT2D eigenvalue weighted by Crippen LogP contribution is -2.17. The molecule has 10 heteroatoms. The zero-order valence-corrected chi connectivity index (χ0v) is 17.5. The Hall–Kier alpha value is -3.04. The highest BCUT2D eigenvalue weighted by Gasteiger charge is 2.23. The molecule has 1 aromatic carbocycles. The van der Waals surface area contributed by atoms with Gasteiger partial charge < -0.3 is 4.74 Å². The third-order valence-corrected chi connectivity index (χ3v) is 5.42. The van der Waals surface area contributed by atoms with Crippen molar-refractivity contribution >= 4 is 33.6 Å². The maximum Gasteiger partial charge on any atom is 0.267 e. The lowest BCUT2D eigenvalue weighted by Gasteiger charge is -2.15. The first-order chi connectivity index (χ1) is 14.2. The molecule has 156 valence electrons. The van der Waals surface area contributed by atoms with Gasteiger partial charge in [-0.2, -0.15) is 0 Å². The molecule has 0 bridgehead atoms. The van der Waals surface area contributed by atoms with Gasteiger partial charge in [-0.3, -0.25) is 14.5 Å². The predicted molar refractivity (Wildman–Crippen MR) is 111 cm³/mol. The lowest BCUT2D eigenvalue weighted by molar-refractivity contribution is 0.112. The number of hydrogen-bond donors (Lipinski definition) is 1. The Balaban J connectivity index is 1.97. The van der Waals surface area contributed by atoms with E-state index in [1.165, 1.54) is 42.7 Å². The van der Waals surface area contributed by atoms with Crippen molar-refractivity contribution in [2.45, 2.75) is 24.8 Å². The van der Waals surface area contributed by atoms with Gasteiger partial charge in [-0.25, -0.2) is 17.8 Å². The van der Waals surface area contributed by atoms with Gasteiger partial charge in [0, 0.05) is 23.5 Å². The normalized spacial score (nSPS) is 11.4. The van der Waals surface area contributed by atoms with Crippen molar-refractivity contribution in [2.75, 3.05) is 4.72 Å². The number of pyridine rings is 2. The summed E-state index contributed by atoms with van der Waals surface area (Å²) in [7, 11) is -4.12. The molecule has 30 heavy (non-hydrogen) atoms. The first-order valence-corrected chi connectivity index (χ1v) is 10.6. The van der Waals surface area contributed by atoms with Crippen molar-refractivity contribution in [3.63, 3.8) is 0 Å². The van der Waals surface area contributed by atoms with Crippen LogP contribution < -0.4 is 9.46 Å². The second kappa shape index (κ2) is 8.76. The summed E-state index contributed by atoms with van der Waals surface area (Å²) in [4.78, 5) is 18.6. The van der Waals surface area contributed by atoms with E-state index in [-0.39, 0.29) is 44.4 Å². The van der Waals surface area contributed by atoms with Gasteiger partial charge in [0.15, 0.2) is 4.90 Å². The minimum Gasteiger partial charge on any atom is -0.474 e. The van der Waals surface area contributed by atoms with E-state index in [1.807, 2.05) is 0 Å². The number of hydrogen-bond acceptors (Lipinski definition) is 6. The van der Waals surface area contributed by atoms with E-state index in [1.54, 1.807) is 13.8 Å². The third-order valence-electron chi connectivity index (χ3n) is 3.84. The van der Waals surface area contributed by atoms with E-state index in [2.05, 4.69) is 14.7 Å². The number of ether oxygens (including phenoxy) is 1. The first-order valence-electron chi connectivity index (χ1n) is 8.76. The first kappa shape index (κ1) is 21.7. The highest BCUT2D eigenvalue weighted by molar-refractivity contribution is 7.92. The fraction of sp³-hybridized carbons (Fsp3) is 0.150. The van der Waals surface area contributed by atoms with Crippen LogP contribution in [0.1, 0.15) is 24.2 Å². The Morgan fingerprint density at radius 1 is 1.17 bits per heavy atom. The van der Waals surface area contributed by atoms with Crippen LogP contribution in [0, 0.1) is 5.82 Å². The number of sulfonamides is 1. The van der Waals surface area contributed by atoms with Gasteiger partial charge in [0.25, 0.3) is 10.0 Å². The molecule has 3 rings (SSSR count). The SMILES string of the molecule is CC(C)Oc1ncc(Cl)cc1S(=O)(=O)Nc1ccnc(-c2ccc(C=O)cc2F)c1. The van der Waals surface area contributed by atoms with Crippen LogP contribution in [0.15, 0.2) is 53.7 Å². The Morgan fingerprint density at radius 2 is 1.93 bits per heavy atom. The van der Waals surface area contributed by atoms with Crippen LogP contribution in [-0.2, 0) is 10.0 Å². The average molecular weight is 450 g/mol. The van der Waals surface area contributed by atoms with E-state index in [0.717, 1.165) is 6.07 Å². The van der Waals surface area contributed by atoms with E-state index in [4.69, 9.17) is 16.3 Å². The molecule has 2 aromatic heterocycles. The van der Waals surface area contributed by atoms with Gasteiger partial charge in [0.1, 0.15) is 12.1 Å². The summed E-state index contributed by atoms with van der Waals surface area (Å²) in [6, 6.07) is 7.94. The third kappa shape index (κ3) is 4.92. The molecule has 0 radical (unpaired) electrons. The standard InChI is InChI=1S/C20H17ClFN3O4S/c1-12(2)29-20-19(8-14(21)10-24-20)30(27,28)25-15-5-6-23-18(9-15)16-4-3-13(11-26)7-17(16)22/h3-12H,1-2H3,(H,23,25). The van der Waals surface area contributed by atoms with Crippen molar-refractivity contribution in [1.29, 1.82) is 0 Å². The van der Waals surface area contributed by atoms with Crippen molar-refractivity contribution in [3.05, 3.63) is 65.2 Å². The van der Waals surface area contributed by atoms with Crippen LogP contribution in [0.2, 0.25) is 5.02 Å². The summed E-state index contributed by atoms with van der Waals surface area (Å²) in [6.45, 7) is 3.47. The lowest BCUT2D eigenvalue weighted by atomic mass is 10.1. The Kier molecular flexibility index (Phi) is 6.33. The van der Waals surface area contributed by atoms with Crippen LogP contribution >= 0.6 is 11.6 Å². The van der Waals surface area contributed by atoms with Gasteiger partial charge >= 0.3 is 0 Å². The topological polar surface area (TPSA) is 98.2 Å². The molecule has 0 spiro atoms. The molecule has 2 heterocycles. The van der Waals surface area contributed by atoms with Crippen molar-refractivity contribution in [1.82, 2.24) is 9.97 Å². The number of aldehydes is 1. The van der Waals surface area contributed by atoms with Gasteiger partial charge in [-0.05, 0) is 44.2 Å². The number of nitrogens with one attached hydrogen (secondary N) is 1. The zero-order chi connectivity index (χ0) is 21.9. The molecular formula is C20H17ClFN3O4S. The fourth-order valence-electron chi connectivity index (χ4n) is 2.58. The highest BCUT2D eigenvalue weighted by atomic mass is 35.5. The predicted octanol–water partition coefficient (Wildman–Crippen LogP) is 4.34. The average Bonchev–Trinajstić information content (AvgIpc) is 2.68. The van der Waals surface area contributed by atoms with E-state index < -0.39 is 15.8 Å². The van der Waals surface area contributed by atoms with Crippen LogP contribution in [0.5, 0.6) is 5.88 Å². The minimum atomic E-state index is -4.12. The highest BCUT2D eigenvalue weighted by Crippen LogP contribution is 2.29. The van der Waals surface area contributed by atoms with E-state index in [9.17, 15) is 17.6 Å². The van der Waals surface area contributed by atoms with Gasteiger partial charge in [0.2, 0.25) is 5.88 Å². The second-order valence-corrected chi connectivity index (χ2v) is 8.60. The molecule has 1 N–H and O–H groups in total. The summed E-state index contributed by atoms with van der Waals surface area (Å²) >= 11 is 5.92. The molecule has 0 amide bonds. The van der Waals surface area contributed by atoms with Crippen LogP contribution in [-0.4, -0.2) is 30.8 Å². The Bertz CT molecular complexity index is 1200. The summed E-state index contributed by atoms with van der Waals surface area (Å²) < 4.78 is 48.0. The number of nitrogens with zero attached hydrogens (tertiary/aromatic N) is 2. The summed E-state index contributed by atoms with van der Waals surface area (Å²) in [5.74, 6) is -0.745. The summed E-state index contributed by atoms with van der Waals surface area (Å²) in [6.07, 6.45) is 2.84. The van der Waals surface area contributed by atoms with E-state index >= 15 is 0 Å². The maximum absolute atomic E-state index is 14.3. The number of benzene rings is 1. The van der Waals surface area contributed by atoms with Gasteiger partial charge in [0.05, 0.1) is 22.5 Å². The molecule has 3 aromatic rings. The molecule has 0 saturated heterocycles. The molecule has 0 atom stereocenters. The molecule has 7 nitrogen and oxygen atoms in total. The molecule has 0 saturated carbocycles.